The Hall–Kier alpha value is -1.38. The summed E-state index contributed by atoms with van der Waals surface area (Å²) in [6, 6.07) is 7.37. The van der Waals surface area contributed by atoms with Gasteiger partial charge in [0.2, 0.25) is 0 Å². The van der Waals surface area contributed by atoms with Gasteiger partial charge in [-0.3, -0.25) is 4.72 Å². The fourth-order valence-electron chi connectivity index (χ4n) is 1.49. The van der Waals surface area contributed by atoms with Crippen LogP contribution < -0.4 is 4.72 Å². The third-order valence-electron chi connectivity index (χ3n) is 2.44. The van der Waals surface area contributed by atoms with Gasteiger partial charge in [0.25, 0.3) is 10.0 Å². The zero-order valence-electron chi connectivity index (χ0n) is 10.3. The van der Waals surface area contributed by atoms with Crippen molar-refractivity contribution in [1.29, 1.82) is 0 Å². The van der Waals surface area contributed by atoms with Crippen LogP contribution in [0.1, 0.15) is 15.2 Å². The summed E-state index contributed by atoms with van der Waals surface area (Å²) in [5.74, 6) is -1.12. The van der Waals surface area contributed by atoms with Crippen molar-refractivity contribution in [1.82, 2.24) is 0 Å². The molecule has 0 atom stereocenters. The molecule has 8 heteroatoms. The number of halogens is 1. The van der Waals surface area contributed by atoms with Crippen LogP contribution in [-0.4, -0.2) is 19.5 Å². The van der Waals surface area contributed by atoms with Gasteiger partial charge in [-0.25, -0.2) is 13.2 Å². The number of rotatable bonds is 4. The molecule has 2 aromatic rings. The molecule has 20 heavy (non-hydrogen) atoms. The van der Waals surface area contributed by atoms with Gasteiger partial charge in [-0.1, -0.05) is 0 Å². The summed E-state index contributed by atoms with van der Waals surface area (Å²) >= 11 is 4.34. The Morgan fingerprint density at radius 1 is 1.30 bits per heavy atom. The predicted octanol–water partition coefficient (Wildman–Crippen LogP) is 3.32. The Labute approximate surface area is 128 Å². The number of anilines is 1. The van der Waals surface area contributed by atoms with Gasteiger partial charge >= 0.3 is 5.97 Å². The van der Waals surface area contributed by atoms with Crippen LogP contribution in [0.15, 0.2) is 39.0 Å². The van der Waals surface area contributed by atoms with Crippen LogP contribution in [-0.2, 0) is 10.0 Å². The molecule has 0 unspecified atom stereocenters. The molecule has 1 aromatic carbocycles. The molecule has 0 aliphatic carbocycles. The number of thiophene rings is 1. The molecule has 0 saturated heterocycles. The van der Waals surface area contributed by atoms with Crippen LogP contribution in [0.25, 0.3) is 0 Å². The molecule has 5 nitrogen and oxygen atoms in total. The number of nitrogens with one attached hydrogen (secondary N) is 1. The molecule has 0 spiro atoms. The first kappa shape index (κ1) is 15.0. The lowest BCUT2D eigenvalue weighted by molar-refractivity contribution is 0.0697. The van der Waals surface area contributed by atoms with E-state index in [4.69, 9.17) is 5.11 Å². The minimum absolute atomic E-state index is 0.00765. The van der Waals surface area contributed by atoms with E-state index >= 15 is 0 Å². The topological polar surface area (TPSA) is 83.5 Å². The van der Waals surface area contributed by atoms with Gasteiger partial charge in [-0.05, 0) is 53.2 Å². The monoisotopic (exact) mass is 375 g/mol. The molecule has 0 amide bonds. The van der Waals surface area contributed by atoms with Crippen molar-refractivity contribution < 1.29 is 18.3 Å². The molecule has 0 aliphatic rings. The third kappa shape index (κ3) is 3.20. The van der Waals surface area contributed by atoms with E-state index in [1.54, 1.807) is 6.07 Å². The highest BCUT2D eigenvalue weighted by Gasteiger charge is 2.18. The Balaban J connectivity index is 2.39. The van der Waals surface area contributed by atoms with E-state index in [2.05, 4.69) is 20.7 Å². The maximum absolute atomic E-state index is 12.2. The van der Waals surface area contributed by atoms with Crippen molar-refractivity contribution in [2.45, 2.75) is 11.1 Å². The van der Waals surface area contributed by atoms with E-state index in [0.717, 1.165) is 16.2 Å². The lowest BCUT2D eigenvalue weighted by atomic mass is 10.2. The second kappa shape index (κ2) is 5.55. The number of carboxylic acids is 1. The summed E-state index contributed by atoms with van der Waals surface area (Å²) in [4.78, 5) is 11.8. The van der Waals surface area contributed by atoms with Gasteiger partial charge in [-0.15, -0.1) is 11.3 Å². The lowest BCUT2D eigenvalue weighted by Gasteiger charge is -2.09. The van der Waals surface area contributed by atoms with E-state index < -0.39 is 16.0 Å². The van der Waals surface area contributed by atoms with Gasteiger partial charge in [0.1, 0.15) is 4.21 Å². The lowest BCUT2D eigenvalue weighted by Crippen LogP contribution is -2.12. The van der Waals surface area contributed by atoms with E-state index in [-0.39, 0.29) is 15.5 Å². The second-order valence-electron chi connectivity index (χ2n) is 3.97. The predicted molar refractivity (Wildman–Crippen MR) is 81.0 cm³/mol. The van der Waals surface area contributed by atoms with E-state index in [0.29, 0.717) is 4.47 Å². The van der Waals surface area contributed by atoms with Crippen LogP contribution >= 0.6 is 27.3 Å². The average molecular weight is 376 g/mol. The first-order valence-electron chi connectivity index (χ1n) is 5.42. The van der Waals surface area contributed by atoms with E-state index in [9.17, 15) is 13.2 Å². The molecule has 1 aromatic heterocycles. The minimum atomic E-state index is -3.71. The normalized spacial score (nSPS) is 11.3. The number of hydrogen-bond donors (Lipinski definition) is 2. The number of benzene rings is 1. The van der Waals surface area contributed by atoms with E-state index in [1.807, 2.05) is 6.92 Å². The van der Waals surface area contributed by atoms with E-state index in [1.165, 1.54) is 24.3 Å². The fraction of sp³-hybridized carbons (Fsp3) is 0.0833. The van der Waals surface area contributed by atoms with Crippen molar-refractivity contribution in [3.05, 3.63) is 45.2 Å². The molecule has 0 saturated carbocycles. The van der Waals surface area contributed by atoms with Gasteiger partial charge in [0.05, 0.1) is 11.3 Å². The highest BCUT2D eigenvalue weighted by molar-refractivity contribution is 9.10. The van der Waals surface area contributed by atoms with Crippen molar-refractivity contribution in [3.8, 4) is 0 Å². The Kier molecular flexibility index (Phi) is 4.17. The molecule has 0 aliphatic heterocycles. The molecular weight excluding hydrogens is 366 g/mol. The van der Waals surface area contributed by atoms with Gasteiger partial charge in [0, 0.05) is 9.35 Å². The number of aromatic carboxylic acids is 1. The van der Waals surface area contributed by atoms with Gasteiger partial charge in [-0.2, -0.15) is 0 Å². The van der Waals surface area contributed by atoms with Crippen LogP contribution in [0, 0.1) is 6.92 Å². The van der Waals surface area contributed by atoms with Crippen LogP contribution in [0.5, 0.6) is 0 Å². The number of carbonyl (C=O) groups is 1. The second-order valence-corrected chi connectivity index (χ2v) is 8.02. The molecule has 0 fully saturated rings. The third-order valence-corrected chi connectivity index (χ3v) is 5.99. The summed E-state index contributed by atoms with van der Waals surface area (Å²) in [6.45, 7) is 1.81. The molecule has 1 heterocycles. The summed E-state index contributed by atoms with van der Waals surface area (Å²) in [5, 5.41) is 8.93. The fourth-order valence-corrected chi connectivity index (χ4v) is 4.32. The highest BCUT2D eigenvalue weighted by atomic mass is 79.9. The zero-order valence-corrected chi connectivity index (χ0v) is 13.5. The van der Waals surface area contributed by atoms with Crippen LogP contribution in [0.2, 0.25) is 0 Å². The quantitative estimate of drug-likeness (QED) is 0.858. The molecular formula is C12H10BrNO4S2. The van der Waals surface area contributed by atoms with Crippen molar-refractivity contribution in [2.24, 2.45) is 0 Å². The maximum atomic E-state index is 12.2. The molecule has 106 valence electrons. The number of hydrogen-bond acceptors (Lipinski definition) is 4. The minimum Gasteiger partial charge on any atom is -0.478 e. The standard InChI is InChI=1S/C12H10BrNO4S2/c1-7-2-5-11(19-7)20(17,18)14-10-6-8(12(15)16)3-4-9(10)13/h2-6,14H,1H3,(H,15,16). The van der Waals surface area contributed by atoms with Crippen molar-refractivity contribution >= 4 is 48.9 Å². The highest BCUT2D eigenvalue weighted by Crippen LogP contribution is 2.28. The van der Waals surface area contributed by atoms with Crippen molar-refractivity contribution in [2.75, 3.05) is 4.72 Å². The summed E-state index contributed by atoms with van der Waals surface area (Å²) in [6.07, 6.45) is 0. The summed E-state index contributed by atoms with van der Waals surface area (Å²) in [5.41, 5.74) is 0.198. The SMILES string of the molecule is Cc1ccc(S(=O)(=O)Nc2cc(C(=O)O)ccc2Br)s1. The largest absolute Gasteiger partial charge is 0.478 e. The Morgan fingerprint density at radius 3 is 2.55 bits per heavy atom. The first-order valence-corrected chi connectivity index (χ1v) is 8.51. The molecule has 2 N–H and O–H groups in total. The number of aryl methyl sites for hydroxylation is 1. The van der Waals surface area contributed by atoms with Crippen LogP contribution in [0.4, 0.5) is 5.69 Å². The molecule has 0 radical (unpaired) electrons. The van der Waals surface area contributed by atoms with Crippen molar-refractivity contribution in [3.63, 3.8) is 0 Å². The first-order chi connectivity index (χ1) is 9.29. The Morgan fingerprint density at radius 2 is 2.00 bits per heavy atom. The Bertz CT molecular complexity index is 768. The molecule has 2 rings (SSSR count). The number of sulfonamides is 1. The maximum Gasteiger partial charge on any atom is 0.335 e. The molecule has 0 bridgehead atoms. The number of carboxylic acid groups (broad SMARTS) is 1. The summed E-state index contributed by atoms with van der Waals surface area (Å²) in [7, 11) is -3.71. The van der Waals surface area contributed by atoms with Crippen LogP contribution in [0.3, 0.4) is 0 Å². The smallest absolute Gasteiger partial charge is 0.335 e. The average Bonchev–Trinajstić information content (AvgIpc) is 2.79. The zero-order chi connectivity index (χ0) is 14.9. The summed E-state index contributed by atoms with van der Waals surface area (Å²) < 4.78 is 27.4. The van der Waals surface area contributed by atoms with Gasteiger partial charge in [0.15, 0.2) is 0 Å². The van der Waals surface area contributed by atoms with Gasteiger partial charge < -0.3 is 5.11 Å².